The molecule has 1 aliphatic heterocycles. The summed E-state index contributed by atoms with van der Waals surface area (Å²) in [4.78, 5) is 23.6. The van der Waals surface area contributed by atoms with Crippen LogP contribution in [0.4, 0.5) is 5.13 Å². The Bertz CT molecular complexity index is 1410. The van der Waals surface area contributed by atoms with Gasteiger partial charge >= 0.3 is 0 Å². The minimum absolute atomic E-state index is 0.188. The molecule has 1 unspecified atom stereocenters. The molecule has 0 bridgehead atoms. The standard InChI is InChI=1S/C26H25N5O3S2/c1-5-36(33)17-9-7-16(8-10-17)20-13-12-19-21(26(3,4)24(32)30-25-31-27-14-35-25)18-11-6-15(2)28-22(18)34-23(19)29-20/h6-14,21H,5H2,1-4H3,(H,30,31,32)/t21-,36?/m0/s1. The van der Waals surface area contributed by atoms with Crippen molar-refractivity contribution in [2.45, 2.75) is 38.5 Å². The van der Waals surface area contributed by atoms with E-state index >= 15 is 0 Å². The van der Waals surface area contributed by atoms with Gasteiger partial charge in [-0.25, -0.2) is 9.97 Å². The molecule has 1 aromatic carbocycles. The molecule has 8 nitrogen and oxygen atoms in total. The van der Waals surface area contributed by atoms with Crippen LogP contribution in [0.15, 0.2) is 58.9 Å². The number of carbonyl (C=O) groups is 1. The second-order valence-electron chi connectivity index (χ2n) is 9.05. The summed E-state index contributed by atoms with van der Waals surface area (Å²) >= 11 is 0.254. The number of ether oxygens (including phenoxy) is 1. The average Bonchev–Trinajstić information content (AvgIpc) is 3.39. The molecule has 4 aromatic rings. The molecule has 0 saturated heterocycles. The molecular formula is C26H25N5O3S2. The molecule has 1 amide bonds. The number of aromatic nitrogens is 4. The van der Waals surface area contributed by atoms with Gasteiger partial charge in [-0.1, -0.05) is 37.3 Å². The topological polar surface area (TPSA) is 113 Å². The molecule has 0 spiro atoms. The molecule has 4 heterocycles. The van der Waals surface area contributed by atoms with Crippen molar-refractivity contribution in [1.82, 2.24) is 20.2 Å². The number of nitrogens with one attached hydrogen (secondary N) is 1. The minimum Gasteiger partial charge on any atom is -0.611 e. The third kappa shape index (κ3) is 4.47. The number of hydrogen-bond donors (Lipinski definition) is 1. The van der Waals surface area contributed by atoms with Gasteiger partial charge in [-0.3, -0.25) is 4.79 Å². The average molecular weight is 520 g/mol. The molecule has 1 N–H and O–H groups in total. The molecule has 2 atom stereocenters. The lowest BCUT2D eigenvalue weighted by Crippen LogP contribution is -2.38. The Hall–Kier alpha value is -3.34. The zero-order chi connectivity index (χ0) is 25.4. The SMILES string of the molecule is CC[S+]([O-])c1ccc(-c2ccc3c(n2)Oc2nc(C)ccc2[C@@H]3C(C)(C)C(=O)Nc2nncs2)cc1. The summed E-state index contributed by atoms with van der Waals surface area (Å²) in [6.07, 6.45) is 0. The van der Waals surface area contributed by atoms with E-state index in [-0.39, 0.29) is 11.8 Å². The molecular weight excluding hydrogens is 494 g/mol. The Kier molecular flexibility index (Phi) is 6.50. The van der Waals surface area contributed by atoms with Gasteiger partial charge in [0.2, 0.25) is 22.8 Å². The van der Waals surface area contributed by atoms with E-state index < -0.39 is 16.6 Å². The quantitative estimate of drug-likeness (QED) is 0.342. The summed E-state index contributed by atoms with van der Waals surface area (Å²) in [6.45, 7) is 7.58. The molecule has 0 saturated carbocycles. The predicted octanol–water partition coefficient (Wildman–Crippen LogP) is 5.33. The lowest BCUT2D eigenvalue weighted by Gasteiger charge is -2.37. The summed E-state index contributed by atoms with van der Waals surface area (Å²) in [7, 11) is 0. The van der Waals surface area contributed by atoms with Crippen LogP contribution in [0.3, 0.4) is 0 Å². The van der Waals surface area contributed by atoms with E-state index in [4.69, 9.17) is 9.72 Å². The molecule has 0 radical (unpaired) electrons. The second kappa shape index (κ2) is 9.61. The molecule has 1 aliphatic rings. The van der Waals surface area contributed by atoms with E-state index in [1.54, 1.807) is 5.51 Å². The van der Waals surface area contributed by atoms with Gasteiger partial charge in [0.15, 0.2) is 4.90 Å². The van der Waals surface area contributed by atoms with Crippen molar-refractivity contribution in [2.24, 2.45) is 5.41 Å². The van der Waals surface area contributed by atoms with E-state index in [0.29, 0.717) is 28.3 Å². The Morgan fingerprint density at radius 3 is 2.44 bits per heavy atom. The molecule has 36 heavy (non-hydrogen) atoms. The summed E-state index contributed by atoms with van der Waals surface area (Å²) in [6, 6.07) is 15.3. The third-order valence-corrected chi connectivity index (χ3v) is 8.23. The zero-order valence-corrected chi connectivity index (χ0v) is 21.9. The highest BCUT2D eigenvalue weighted by atomic mass is 32.2. The number of amides is 1. The van der Waals surface area contributed by atoms with Gasteiger partial charge in [-0.2, -0.15) is 0 Å². The maximum absolute atomic E-state index is 13.4. The van der Waals surface area contributed by atoms with Crippen LogP contribution in [0.2, 0.25) is 0 Å². The van der Waals surface area contributed by atoms with E-state index in [1.165, 1.54) is 11.3 Å². The van der Waals surface area contributed by atoms with Crippen LogP contribution in [0.1, 0.15) is 43.5 Å². The minimum atomic E-state index is -1.01. The Morgan fingerprint density at radius 1 is 1.08 bits per heavy atom. The third-order valence-electron chi connectivity index (χ3n) is 6.30. The van der Waals surface area contributed by atoms with Gasteiger partial charge in [0.05, 0.1) is 11.1 Å². The Labute approximate surface area is 216 Å². The number of anilines is 1. The number of carbonyl (C=O) groups excluding carboxylic acids is 1. The normalized spacial score (nSPS) is 15.4. The Balaban J connectivity index is 1.55. The van der Waals surface area contributed by atoms with Crippen LogP contribution in [0.5, 0.6) is 11.8 Å². The smallest absolute Gasteiger partial charge is 0.232 e. The number of nitrogens with zero attached hydrogens (tertiary/aromatic N) is 4. The van der Waals surface area contributed by atoms with Crippen LogP contribution >= 0.6 is 11.3 Å². The highest BCUT2D eigenvalue weighted by Gasteiger charge is 2.45. The molecule has 10 heteroatoms. The maximum atomic E-state index is 13.4. The highest BCUT2D eigenvalue weighted by molar-refractivity contribution is 7.91. The van der Waals surface area contributed by atoms with E-state index in [2.05, 4.69) is 20.5 Å². The van der Waals surface area contributed by atoms with Gasteiger partial charge in [-0.15, -0.1) is 10.2 Å². The highest BCUT2D eigenvalue weighted by Crippen LogP contribution is 2.51. The van der Waals surface area contributed by atoms with Crippen molar-refractivity contribution in [1.29, 1.82) is 0 Å². The number of benzene rings is 1. The molecule has 184 valence electrons. The van der Waals surface area contributed by atoms with Crippen LogP contribution < -0.4 is 10.1 Å². The Morgan fingerprint density at radius 2 is 1.78 bits per heavy atom. The predicted molar refractivity (Wildman–Crippen MR) is 140 cm³/mol. The van der Waals surface area contributed by atoms with E-state index in [0.717, 1.165) is 27.3 Å². The molecule has 5 rings (SSSR count). The van der Waals surface area contributed by atoms with Gasteiger partial charge in [-0.05, 0) is 61.4 Å². The molecule has 3 aromatic heterocycles. The van der Waals surface area contributed by atoms with Crippen LogP contribution in [0.25, 0.3) is 11.3 Å². The lowest BCUT2D eigenvalue weighted by atomic mass is 9.70. The van der Waals surface area contributed by atoms with Crippen molar-refractivity contribution >= 4 is 33.6 Å². The first-order valence-electron chi connectivity index (χ1n) is 11.5. The fraction of sp³-hybridized carbons (Fsp3) is 0.269. The molecule has 0 fully saturated rings. The van der Waals surface area contributed by atoms with Gasteiger partial charge in [0.1, 0.15) is 11.3 Å². The first-order valence-corrected chi connectivity index (χ1v) is 13.7. The van der Waals surface area contributed by atoms with Crippen LogP contribution in [-0.2, 0) is 16.0 Å². The van der Waals surface area contributed by atoms with Crippen molar-refractivity contribution in [3.05, 3.63) is 70.9 Å². The van der Waals surface area contributed by atoms with Crippen LogP contribution in [0, 0.1) is 12.3 Å². The van der Waals surface area contributed by atoms with Crippen molar-refractivity contribution in [3.8, 4) is 23.0 Å². The number of aryl methyl sites for hydroxylation is 1. The van der Waals surface area contributed by atoms with Crippen molar-refractivity contribution in [3.63, 3.8) is 0 Å². The summed E-state index contributed by atoms with van der Waals surface area (Å²) in [5.74, 6) is 0.893. The summed E-state index contributed by atoms with van der Waals surface area (Å²) in [5.41, 5.74) is 4.73. The number of pyridine rings is 2. The number of hydrogen-bond acceptors (Lipinski definition) is 8. The summed E-state index contributed by atoms with van der Waals surface area (Å²) < 4.78 is 18.3. The first-order chi connectivity index (χ1) is 17.3. The zero-order valence-electron chi connectivity index (χ0n) is 20.3. The molecule has 0 aliphatic carbocycles. The van der Waals surface area contributed by atoms with Gasteiger partial charge in [0, 0.05) is 28.3 Å². The first kappa shape index (κ1) is 24.4. The van der Waals surface area contributed by atoms with E-state index in [9.17, 15) is 9.35 Å². The maximum Gasteiger partial charge on any atom is 0.232 e. The summed E-state index contributed by atoms with van der Waals surface area (Å²) in [5, 5.41) is 11.1. The van der Waals surface area contributed by atoms with Crippen molar-refractivity contribution in [2.75, 3.05) is 11.1 Å². The van der Waals surface area contributed by atoms with Crippen LogP contribution in [-0.4, -0.2) is 36.4 Å². The largest absolute Gasteiger partial charge is 0.611 e. The fourth-order valence-electron chi connectivity index (χ4n) is 4.36. The van der Waals surface area contributed by atoms with E-state index in [1.807, 2.05) is 76.2 Å². The van der Waals surface area contributed by atoms with Crippen molar-refractivity contribution < 1.29 is 14.1 Å². The monoisotopic (exact) mass is 519 g/mol. The fourth-order valence-corrected chi connectivity index (χ4v) is 5.57. The van der Waals surface area contributed by atoms with Gasteiger partial charge < -0.3 is 14.6 Å². The van der Waals surface area contributed by atoms with Gasteiger partial charge in [0.25, 0.3) is 0 Å². The number of rotatable bonds is 6. The lowest BCUT2D eigenvalue weighted by molar-refractivity contribution is -0.124. The second-order valence-corrected chi connectivity index (χ2v) is 11.6. The number of fused-ring (bicyclic) bond motifs is 2.